The lowest BCUT2D eigenvalue weighted by atomic mass is 9.79. The number of carbonyl (C=O) groups excluding carboxylic acids is 1. The summed E-state index contributed by atoms with van der Waals surface area (Å²) in [6, 6.07) is 32.7. The molecule has 4 atom stereocenters. The van der Waals surface area contributed by atoms with E-state index < -0.39 is 29.8 Å². The number of halogens is 1. The summed E-state index contributed by atoms with van der Waals surface area (Å²) in [5.74, 6) is 0.434. The molecule has 2 aromatic heterocycles. The van der Waals surface area contributed by atoms with E-state index in [1.54, 1.807) is 38.5 Å². The van der Waals surface area contributed by atoms with Crippen LogP contribution in [0.2, 0.25) is 0 Å². The van der Waals surface area contributed by atoms with Crippen LogP contribution in [0.4, 0.5) is 10.2 Å². The van der Waals surface area contributed by atoms with Gasteiger partial charge in [-0.05, 0) is 53.1 Å². The fourth-order valence-corrected chi connectivity index (χ4v) is 6.66. The number of alkyl halides is 1. The molecule has 0 aliphatic carbocycles. The molecule has 1 amide bonds. The molecule has 6 aromatic rings. The predicted molar refractivity (Wildman–Crippen MR) is 192 cm³/mol. The van der Waals surface area contributed by atoms with Crippen LogP contribution in [-0.2, 0) is 15.1 Å². The van der Waals surface area contributed by atoms with E-state index in [-0.39, 0.29) is 37.1 Å². The van der Waals surface area contributed by atoms with Gasteiger partial charge in [-0.2, -0.15) is 0 Å². The monoisotopic (exact) mass is 703 g/mol. The van der Waals surface area contributed by atoms with Gasteiger partial charge in [0.2, 0.25) is 0 Å². The minimum absolute atomic E-state index is 0.0359. The van der Waals surface area contributed by atoms with E-state index in [2.05, 4.69) is 20.3 Å². The number of rotatable bonds is 11. The van der Waals surface area contributed by atoms with Gasteiger partial charge >= 0.3 is 0 Å². The van der Waals surface area contributed by atoms with Gasteiger partial charge in [0.05, 0.1) is 52.5 Å². The molecule has 11 nitrogen and oxygen atoms in total. The second kappa shape index (κ2) is 15.3. The topological polar surface area (TPSA) is 130 Å². The summed E-state index contributed by atoms with van der Waals surface area (Å²) in [5.41, 5.74) is 2.31. The highest BCUT2D eigenvalue weighted by atomic mass is 19.1. The maximum atomic E-state index is 16.6. The van der Waals surface area contributed by atoms with Gasteiger partial charge in [0, 0.05) is 11.5 Å². The number of imidazole rings is 1. The first kappa shape index (κ1) is 34.7. The zero-order valence-electron chi connectivity index (χ0n) is 28.6. The standard InChI is InChI=1S/C40H38FN5O6/c1-49-31-17-13-29(14-18-31)40(28-11-7-4-8-12-28,30-15-19-32(50-2)20-16-30)52-22-27-21-51-23-33(34(41)36(27)47)46-25-44-35-37(42-24-43-38(35)46)45-39(48)26-9-5-3-6-10-26/h3-20,24-25,27,33-34,36,47H,21-23H2,1-2H3,(H,42,43,45,48)/t27-,33-,34?,36?/m1/s1. The number of hydrogen-bond donors (Lipinski definition) is 2. The minimum Gasteiger partial charge on any atom is -0.497 e. The maximum Gasteiger partial charge on any atom is 0.256 e. The fraction of sp³-hybridized carbons (Fsp3) is 0.250. The van der Waals surface area contributed by atoms with Crippen molar-refractivity contribution in [3.63, 3.8) is 0 Å². The Morgan fingerprint density at radius 1 is 0.846 bits per heavy atom. The van der Waals surface area contributed by atoms with E-state index in [9.17, 15) is 9.90 Å². The summed E-state index contributed by atoms with van der Waals surface area (Å²) >= 11 is 0. The number of aliphatic hydroxyl groups is 1. The van der Waals surface area contributed by atoms with Crippen LogP contribution in [0.5, 0.6) is 11.5 Å². The number of ether oxygens (including phenoxy) is 4. The van der Waals surface area contributed by atoms with Crippen LogP contribution in [0.3, 0.4) is 0 Å². The third-order valence-corrected chi connectivity index (χ3v) is 9.47. The normalized spacial score (nSPS) is 19.2. The van der Waals surface area contributed by atoms with Gasteiger partial charge in [0.15, 0.2) is 17.0 Å². The summed E-state index contributed by atoms with van der Waals surface area (Å²) in [6.07, 6.45) is -0.543. The number of benzene rings is 4. The molecule has 0 bridgehead atoms. The Balaban J connectivity index is 1.18. The lowest BCUT2D eigenvalue weighted by molar-refractivity contribution is -0.0655. The Morgan fingerprint density at radius 2 is 1.44 bits per heavy atom. The highest BCUT2D eigenvalue weighted by molar-refractivity contribution is 6.06. The number of hydrogen-bond acceptors (Lipinski definition) is 9. The smallest absolute Gasteiger partial charge is 0.256 e. The summed E-state index contributed by atoms with van der Waals surface area (Å²) < 4.78 is 42.0. The van der Waals surface area contributed by atoms with E-state index in [1.165, 1.54) is 17.2 Å². The SMILES string of the molecule is COc1ccc(C(OC[C@H]2COC[C@@H](n3cnc4c(NC(=O)c5ccccc5)ncnc43)C(F)C2O)(c2ccccc2)c2ccc(OC)cc2)cc1. The quantitative estimate of drug-likeness (QED) is 0.156. The van der Waals surface area contributed by atoms with Crippen LogP contribution in [0, 0.1) is 5.92 Å². The van der Waals surface area contributed by atoms with Crippen LogP contribution in [0.15, 0.2) is 122 Å². The second-order valence-corrected chi connectivity index (χ2v) is 12.5. The molecular weight excluding hydrogens is 665 g/mol. The zero-order chi connectivity index (χ0) is 36.1. The highest BCUT2D eigenvalue weighted by Crippen LogP contribution is 2.43. The van der Waals surface area contributed by atoms with E-state index in [4.69, 9.17) is 18.9 Å². The summed E-state index contributed by atoms with van der Waals surface area (Å²) in [7, 11) is 3.21. The number of aromatic nitrogens is 4. The molecule has 3 heterocycles. The lowest BCUT2D eigenvalue weighted by Crippen LogP contribution is -2.41. The van der Waals surface area contributed by atoms with Crippen LogP contribution in [-0.4, -0.2) is 76.8 Å². The molecule has 0 spiro atoms. The van der Waals surface area contributed by atoms with Gasteiger partial charge in [0.25, 0.3) is 5.91 Å². The largest absolute Gasteiger partial charge is 0.497 e. The number of nitrogens with zero attached hydrogens (tertiary/aromatic N) is 4. The molecule has 1 aliphatic heterocycles. The first-order chi connectivity index (χ1) is 25.4. The number of methoxy groups -OCH3 is 2. The number of nitrogens with one attached hydrogen (secondary N) is 1. The molecule has 0 saturated carbocycles. The highest BCUT2D eigenvalue weighted by Gasteiger charge is 2.43. The van der Waals surface area contributed by atoms with Gasteiger partial charge in [-0.1, -0.05) is 72.8 Å². The molecule has 0 radical (unpaired) electrons. The molecule has 1 aliphatic rings. The van der Waals surface area contributed by atoms with Crippen molar-refractivity contribution in [2.24, 2.45) is 5.92 Å². The lowest BCUT2D eigenvalue weighted by Gasteiger charge is -2.38. The molecule has 52 heavy (non-hydrogen) atoms. The zero-order valence-corrected chi connectivity index (χ0v) is 28.6. The van der Waals surface area contributed by atoms with Crippen molar-refractivity contribution in [1.82, 2.24) is 19.5 Å². The van der Waals surface area contributed by atoms with Crippen LogP contribution in [0.1, 0.15) is 33.1 Å². The van der Waals surface area contributed by atoms with Gasteiger partial charge in [-0.15, -0.1) is 0 Å². The summed E-state index contributed by atoms with van der Waals surface area (Å²) in [6.45, 7) is -0.0748. The third-order valence-electron chi connectivity index (χ3n) is 9.47. The predicted octanol–water partition coefficient (Wildman–Crippen LogP) is 5.99. The Morgan fingerprint density at radius 3 is 2.06 bits per heavy atom. The molecule has 12 heteroatoms. The van der Waals surface area contributed by atoms with Gasteiger partial charge < -0.3 is 33.9 Å². The van der Waals surface area contributed by atoms with Gasteiger partial charge in [-0.25, -0.2) is 19.3 Å². The van der Waals surface area contributed by atoms with Gasteiger partial charge in [0.1, 0.15) is 29.6 Å². The number of amides is 1. The molecule has 2 N–H and O–H groups in total. The third kappa shape index (κ3) is 6.71. The number of carbonyl (C=O) groups is 1. The Bertz CT molecular complexity index is 2050. The molecule has 4 aromatic carbocycles. The van der Waals surface area contributed by atoms with Crippen molar-refractivity contribution in [2.75, 3.05) is 39.4 Å². The first-order valence-corrected chi connectivity index (χ1v) is 16.8. The Labute approximate surface area is 300 Å². The summed E-state index contributed by atoms with van der Waals surface area (Å²) in [5, 5.41) is 14.4. The van der Waals surface area contributed by atoms with E-state index >= 15 is 4.39 Å². The Kier molecular flexibility index (Phi) is 10.2. The number of aliphatic hydroxyl groups excluding tert-OH is 1. The van der Waals surface area contributed by atoms with E-state index in [0.717, 1.165) is 16.7 Å². The van der Waals surface area contributed by atoms with E-state index in [1.807, 2.05) is 84.9 Å². The molecule has 1 saturated heterocycles. The second-order valence-electron chi connectivity index (χ2n) is 12.5. The van der Waals surface area contributed by atoms with Crippen LogP contribution in [0.25, 0.3) is 11.2 Å². The average Bonchev–Trinajstić information content (AvgIpc) is 3.58. The van der Waals surface area contributed by atoms with Crippen LogP contribution < -0.4 is 14.8 Å². The molecular formula is C40H38FN5O6. The van der Waals surface area contributed by atoms with Crippen molar-refractivity contribution in [1.29, 1.82) is 0 Å². The number of anilines is 1. The Hall–Kier alpha value is -5.69. The van der Waals surface area contributed by atoms with Crippen molar-refractivity contribution in [2.45, 2.75) is 23.9 Å². The first-order valence-electron chi connectivity index (χ1n) is 16.8. The fourth-order valence-electron chi connectivity index (χ4n) is 6.66. The molecule has 266 valence electrons. The average molecular weight is 704 g/mol. The molecule has 1 fully saturated rings. The van der Waals surface area contributed by atoms with Crippen LogP contribution >= 0.6 is 0 Å². The molecule has 7 rings (SSSR count). The van der Waals surface area contributed by atoms with Crippen molar-refractivity contribution in [3.05, 3.63) is 144 Å². The number of fused-ring (bicyclic) bond motifs is 1. The molecule has 2 unspecified atom stereocenters. The van der Waals surface area contributed by atoms with E-state index in [0.29, 0.717) is 22.7 Å². The maximum absolute atomic E-state index is 16.6. The van der Waals surface area contributed by atoms with Gasteiger partial charge in [-0.3, -0.25) is 4.79 Å². The minimum atomic E-state index is -1.78. The van der Waals surface area contributed by atoms with Crippen molar-refractivity contribution in [3.8, 4) is 11.5 Å². The van der Waals surface area contributed by atoms with Crippen molar-refractivity contribution < 1.29 is 33.2 Å². The van der Waals surface area contributed by atoms with Crippen molar-refractivity contribution >= 4 is 22.9 Å². The summed E-state index contributed by atoms with van der Waals surface area (Å²) in [4.78, 5) is 25.8.